The third kappa shape index (κ3) is 3.79. The van der Waals surface area contributed by atoms with Crippen LogP contribution in [0.3, 0.4) is 0 Å². The summed E-state index contributed by atoms with van der Waals surface area (Å²) >= 11 is 5.91. The third-order valence-corrected chi connectivity index (χ3v) is 3.60. The molecule has 0 heterocycles. The third-order valence-electron chi connectivity index (χ3n) is 3.29. The first-order chi connectivity index (χ1) is 11.9. The number of nitriles is 1. The van der Waals surface area contributed by atoms with Crippen LogP contribution in [-0.4, -0.2) is 25.1 Å². The average molecular weight is 362 g/mol. The molecule has 0 aliphatic heterocycles. The molecule has 0 radical (unpaired) electrons. The second-order valence-electron chi connectivity index (χ2n) is 4.74. The van der Waals surface area contributed by atoms with Gasteiger partial charge in [0.1, 0.15) is 11.6 Å². The van der Waals surface area contributed by atoms with E-state index in [1.165, 1.54) is 38.5 Å². The molecule has 0 unspecified atom stereocenters. The topological polar surface area (TPSA) is 114 Å². The van der Waals surface area contributed by atoms with Gasteiger partial charge in [0.25, 0.3) is 11.6 Å². The number of hydrogen-bond donors (Lipinski definition) is 1. The quantitative estimate of drug-likeness (QED) is 0.644. The number of rotatable bonds is 5. The minimum absolute atomic E-state index is 0.132. The first-order valence-electron chi connectivity index (χ1n) is 6.82. The lowest BCUT2D eigenvalue weighted by molar-refractivity contribution is -0.385. The highest BCUT2D eigenvalue weighted by Gasteiger charge is 2.24. The maximum atomic E-state index is 12.5. The van der Waals surface area contributed by atoms with Crippen LogP contribution < -0.4 is 14.8 Å². The number of carbonyl (C=O) groups excluding carboxylic acids is 1. The van der Waals surface area contributed by atoms with E-state index in [4.69, 9.17) is 26.3 Å². The lowest BCUT2D eigenvalue weighted by Gasteiger charge is -2.11. The predicted molar refractivity (Wildman–Crippen MR) is 90.3 cm³/mol. The molecule has 2 rings (SSSR count). The molecule has 2 aromatic carbocycles. The Morgan fingerprint density at radius 3 is 2.40 bits per heavy atom. The van der Waals surface area contributed by atoms with Crippen LogP contribution in [0.15, 0.2) is 30.3 Å². The molecule has 0 saturated carbocycles. The number of benzene rings is 2. The van der Waals surface area contributed by atoms with E-state index in [1.807, 2.05) is 6.07 Å². The summed E-state index contributed by atoms with van der Waals surface area (Å²) in [5.74, 6) is -0.420. The van der Waals surface area contributed by atoms with Gasteiger partial charge in [-0.2, -0.15) is 5.26 Å². The van der Waals surface area contributed by atoms with E-state index in [9.17, 15) is 14.9 Å². The van der Waals surface area contributed by atoms with Gasteiger partial charge in [-0.25, -0.2) is 0 Å². The molecule has 1 N–H and O–H groups in total. The van der Waals surface area contributed by atoms with Gasteiger partial charge in [0.2, 0.25) is 0 Å². The number of halogens is 1. The molecular formula is C16H12ClN3O5. The minimum Gasteiger partial charge on any atom is -0.493 e. The summed E-state index contributed by atoms with van der Waals surface area (Å²) in [5.41, 5.74) is -0.104. The van der Waals surface area contributed by atoms with Gasteiger partial charge in [0, 0.05) is 11.8 Å². The summed E-state index contributed by atoms with van der Waals surface area (Å²) in [4.78, 5) is 23.0. The van der Waals surface area contributed by atoms with Crippen molar-refractivity contribution < 1.29 is 19.2 Å². The summed E-state index contributed by atoms with van der Waals surface area (Å²) in [6.07, 6.45) is 0. The second kappa shape index (κ2) is 7.51. The van der Waals surface area contributed by atoms with Gasteiger partial charge in [0.05, 0.1) is 35.8 Å². The molecule has 0 bridgehead atoms. The first-order valence-corrected chi connectivity index (χ1v) is 7.20. The Morgan fingerprint density at radius 2 is 1.88 bits per heavy atom. The second-order valence-corrected chi connectivity index (χ2v) is 5.15. The number of amides is 1. The van der Waals surface area contributed by atoms with Crippen LogP contribution in [0.4, 0.5) is 11.4 Å². The Bertz CT molecular complexity index is 892. The molecule has 0 aliphatic rings. The zero-order chi connectivity index (χ0) is 18.6. The van der Waals surface area contributed by atoms with Gasteiger partial charge < -0.3 is 14.8 Å². The van der Waals surface area contributed by atoms with Crippen LogP contribution in [0.1, 0.15) is 15.9 Å². The van der Waals surface area contributed by atoms with Crippen molar-refractivity contribution in [3.8, 4) is 17.6 Å². The summed E-state index contributed by atoms with van der Waals surface area (Å²) < 4.78 is 10.1. The number of methoxy groups -OCH3 is 2. The van der Waals surface area contributed by atoms with Crippen molar-refractivity contribution in [1.82, 2.24) is 0 Å². The standard InChI is InChI=1S/C16H12ClN3O5/c1-24-14-6-11(13(20(22)23)7-15(14)25-2)16(21)19-10-4-3-9(8-18)12(17)5-10/h3-7H,1-2H3,(H,19,21). The molecule has 0 spiro atoms. The summed E-state index contributed by atoms with van der Waals surface area (Å²) in [5, 5.41) is 22.8. The number of nitrogens with zero attached hydrogens (tertiary/aromatic N) is 2. The molecule has 25 heavy (non-hydrogen) atoms. The molecule has 9 heteroatoms. The lowest BCUT2D eigenvalue weighted by Crippen LogP contribution is -2.14. The maximum Gasteiger partial charge on any atom is 0.286 e. The molecular weight excluding hydrogens is 350 g/mol. The molecule has 0 aromatic heterocycles. The Morgan fingerprint density at radius 1 is 1.24 bits per heavy atom. The van der Waals surface area contributed by atoms with Crippen LogP contribution in [-0.2, 0) is 0 Å². The summed E-state index contributed by atoms with van der Waals surface area (Å²) in [6, 6.07) is 8.50. The summed E-state index contributed by atoms with van der Waals surface area (Å²) in [7, 11) is 2.69. The smallest absolute Gasteiger partial charge is 0.286 e. The van der Waals surface area contributed by atoms with Crippen LogP contribution in [0.25, 0.3) is 0 Å². The molecule has 0 fully saturated rings. The number of nitro benzene ring substituents is 1. The van der Waals surface area contributed by atoms with Gasteiger partial charge >= 0.3 is 0 Å². The normalized spacial score (nSPS) is 9.84. The van der Waals surface area contributed by atoms with Crippen LogP contribution >= 0.6 is 11.6 Å². The Balaban J connectivity index is 2.43. The molecule has 8 nitrogen and oxygen atoms in total. The number of nitrogens with one attached hydrogen (secondary N) is 1. The van der Waals surface area contributed by atoms with Crippen molar-refractivity contribution >= 4 is 28.9 Å². The SMILES string of the molecule is COc1cc(C(=O)Nc2ccc(C#N)c(Cl)c2)c([N+](=O)[O-])cc1OC. The largest absolute Gasteiger partial charge is 0.493 e. The van der Waals surface area contributed by atoms with E-state index < -0.39 is 16.5 Å². The minimum atomic E-state index is -0.728. The van der Waals surface area contributed by atoms with Gasteiger partial charge in [-0.1, -0.05) is 11.6 Å². The molecule has 2 aromatic rings. The zero-order valence-corrected chi connectivity index (χ0v) is 14.0. The number of ether oxygens (including phenoxy) is 2. The Hall–Kier alpha value is -3.31. The van der Waals surface area contributed by atoms with Crippen LogP contribution in [0.2, 0.25) is 5.02 Å². The number of anilines is 1. The maximum absolute atomic E-state index is 12.5. The fourth-order valence-corrected chi connectivity index (χ4v) is 2.31. The number of carbonyl (C=O) groups is 1. The van der Waals surface area contributed by atoms with E-state index >= 15 is 0 Å². The van der Waals surface area contributed by atoms with E-state index in [0.29, 0.717) is 0 Å². The lowest BCUT2D eigenvalue weighted by atomic mass is 10.1. The van der Waals surface area contributed by atoms with Crippen LogP contribution in [0.5, 0.6) is 11.5 Å². The monoisotopic (exact) mass is 361 g/mol. The summed E-state index contributed by atoms with van der Waals surface area (Å²) in [6.45, 7) is 0. The molecule has 0 aliphatic carbocycles. The first kappa shape index (κ1) is 18.0. The van der Waals surface area contributed by atoms with Crippen molar-refractivity contribution in [2.75, 3.05) is 19.5 Å². The van der Waals surface area contributed by atoms with E-state index in [0.717, 1.165) is 6.07 Å². The number of hydrogen-bond acceptors (Lipinski definition) is 6. The van der Waals surface area contributed by atoms with Crippen molar-refractivity contribution in [2.45, 2.75) is 0 Å². The van der Waals surface area contributed by atoms with Gasteiger partial charge in [-0.3, -0.25) is 14.9 Å². The van der Waals surface area contributed by atoms with E-state index in [2.05, 4.69) is 5.32 Å². The molecule has 1 amide bonds. The van der Waals surface area contributed by atoms with Crippen LogP contribution in [0, 0.1) is 21.4 Å². The van der Waals surface area contributed by atoms with Crippen molar-refractivity contribution in [2.24, 2.45) is 0 Å². The van der Waals surface area contributed by atoms with Gasteiger partial charge in [-0.05, 0) is 18.2 Å². The molecule has 128 valence electrons. The fraction of sp³-hybridized carbons (Fsp3) is 0.125. The highest BCUT2D eigenvalue weighted by Crippen LogP contribution is 2.35. The Labute approximate surface area is 147 Å². The zero-order valence-electron chi connectivity index (χ0n) is 13.2. The average Bonchev–Trinajstić information content (AvgIpc) is 2.60. The van der Waals surface area contributed by atoms with Crippen molar-refractivity contribution in [3.05, 3.63) is 56.6 Å². The number of nitro groups is 1. The van der Waals surface area contributed by atoms with Gasteiger partial charge in [0.15, 0.2) is 11.5 Å². The van der Waals surface area contributed by atoms with Crippen molar-refractivity contribution in [3.63, 3.8) is 0 Å². The highest BCUT2D eigenvalue weighted by molar-refractivity contribution is 6.32. The van der Waals surface area contributed by atoms with Crippen molar-refractivity contribution in [1.29, 1.82) is 5.26 Å². The Kier molecular flexibility index (Phi) is 5.41. The fourth-order valence-electron chi connectivity index (χ4n) is 2.08. The molecule has 0 atom stereocenters. The van der Waals surface area contributed by atoms with E-state index in [1.54, 1.807) is 0 Å². The highest BCUT2D eigenvalue weighted by atomic mass is 35.5. The predicted octanol–water partition coefficient (Wildman–Crippen LogP) is 3.39. The molecule has 0 saturated heterocycles. The van der Waals surface area contributed by atoms with Gasteiger partial charge in [-0.15, -0.1) is 0 Å². The van der Waals surface area contributed by atoms with E-state index in [-0.39, 0.29) is 33.3 Å².